The minimum Gasteiger partial charge on any atom is -0.402 e. The Labute approximate surface area is 66.6 Å². The van der Waals surface area contributed by atoms with Gasteiger partial charge in [0.15, 0.2) is 0 Å². The Morgan fingerprint density at radius 3 is 3.00 bits per heavy atom. The molecule has 0 heterocycles. The Morgan fingerprint density at radius 2 is 2.55 bits per heavy atom. The first kappa shape index (κ1) is 8.11. The molecule has 3 heteroatoms. The van der Waals surface area contributed by atoms with Crippen LogP contribution in [0.4, 0.5) is 0 Å². The monoisotopic (exact) mass is 154 g/mol. The van der Waals surface area contributed by atoms with E-state index in [4.69, 9.17) is 5.73 Å². The van der Waals surface area contributed by atoms with Gasteiger partial charge in [0.05, 0.1) is 0 Å². The summed E-state index contributed by atoms with van der Waals surface area (Å²) in [4.78, 5) is 10.6. The number of hydrogen-bond donors (Lipinski definition) is 2. The van der Waals surface area contributed by atoms with Crippen molar-refractivity contribution in [3.05, 3.63) is 11.8 Å². The summed E-state index contributed by atoms with van der Waals surface area (Å²) in [6, 6.07) is 0.305. The average molecular weight is 154 g/mol. The van der Waals surface area contributed by atoms with E-state index in [9.17, 15) is 4.79 Å². The molecule has 0 aromatic rings. The lowest BCUT2D eigenvalue weighted by molar-refractivity contribution is -0.119. The summed E-state index contributed by atoms with van der Waals surface area (Å²) in [6.45, 7) is 1.54. The number of carbonyl (C=O) groups excluding carboxylic acids is 1. The lowest BCUT2D eigenvalue weighted by atomic mass is 10.00. The number of carbonyl (C=O) groups is 1. The van der Waals surface area contributed by atoms with E-state index in [-0.39, 0.29) is 5.91 Å². The van der Waals surface area contributed by atoms with Crippen molar-refractivity contribution in [1.29, 1.82) is 0 Å². The summed E-state index contributed by atoms with van der Waals surface area (Å²) in [7, 11) is 0. The third-order valence-electron chi connectivity index (χ3n) is 1.85. The fourth-order valence-corrected chi connectivity index (χ4v) is 1.27. The van der Waals surface area contributed by atoms with Crippen LogP contribution < -0.4 is 11.1 Å². The number of amides is 1. The van der Waals surface area contributed by atoms with Gasteiger partial charge in [0.1, 0.15) is 0 Å². The van der Waals surface area contributed by atoms with Gasteiger partial charge in [-0.25, -0.2) is 0 Å². The van der Waals surface area contributed by atoms with Gasteiger partial charge in [-0.3, -0.25) is 4.79 Å². The third kappa shape index (κ3) is 2.62. The molecule has 0 aromatic carbocycles. The second kappa shape index (κ2) is 3.42. The van der Waals surface area contributed by atoms with Gasteiger partial charge in [0, 0.05) is 18.7 Å². The molecule has 0 bridgehead atoms. The minimum atomic E-state index is 0.0453. The van der Waals surface area contributed by atoms with E-state index < -0.39 is 0 Å². The Bertz CT molecular complexity index is 187. The van der Waals surface area contributed by atoms with Gasteiger partial charge < -0.3 is 11.1 Å². The van der Waals surface area contributed by atoms with Crippen LogP contribution in [0.25, 0.3) is 0 Å². The van der Waals surface area contributed by atoms with Crippen LogP contribution in [0.5, 0.6) is 0 Å². The number of nitrogens with one attached hydrogen (secondary N) is 1. The molecule has 0 spiro atoms. The highest BCUT2D eigenvalue weighted by molar-refractivity contribution is 5.73. The van der Waals surface area contributed by atoms with Crippen LogP contribution in [0, 0.1) is 0 Å². The second-order valence-corrected chi connectivity index (χ2v) is 2.95. The maximum atomic E-state index is 10.6. The molecule has 0 saturated carbocycles. The van der Waals surface area contributed by atoms with Crippen molar-refractivity contribution >= 4 is 5.91 Å². The van der Waals surface area contributed by atoms with Crippen LogP contribution in [-0.2, 0) is 4.79 Å². The summed E-state index contributed by atoms with van der Waals surface area (Å²) >= 11 is 0. The van der Waals surface area contributed by atoms with E-state index >= 15 is 0 Å². The van der Waals surface area contributed by atoms with Crippen LogP contribution in [0.1, 0.15) is 26.2 Å². The van der Waals surface area contributed by atoms with E-state index in [2.05, 4.69) is 5.32 Å². The maximum Gasteiger partial charge on any atom is 0.217 e. The van der Waals surface area contributed by atoms with Crippen molar-refractivity contribution in [3.63, 3.8) is 0 Å². The van der Waals surface area contributed by atoms with Gasteiger partial charge in [-0.1, -0.05) is 6.08 Å². The van der Waals surface area contributed by atoms with Crippen LogP contribution in [0.2, 0.25) is 0 Å². The fourth-order valence-electron chi connectivity index (χ4n) is 1.27. The summed E-state index contributed by atoms with van der Waals surface area (Å²) in [5.74, 6) is 0.0453. The highest BCUT2D eigenvalue weighted by Crippen LogP contribution is 2.13. The van der Waals surface area contributed by atoms with Crippen molar-refractivity contribution in [2.45, 2.75) is 32.2 Å². The SMILES string of the molecule is CC(=O)NC1CC=C(N)CC1. The second-order valence-electron chi connectivity index (χ2n) is 2.95. The van der Waals surface area contributed by atoms with Crippen LogP contribution in [-0.4, -0.2) is 11.9 Å². The lowest BCUT2D eigenvalue weighted by Crippen LogP contribution is -2.34. The van der Waals surface area contributed by atoms with E-state index in [0.29, 0.717) is 6.04 Å². The van der Waals surface area contributed by atoms with E-state index in [0.717, 1.165) is 25.0 Å². The molecule has 1 unspecified atom stereocenters. The first-order valence-corrected chi connectivity index (χ1v) is 3.90. The van der Waals surface area contributed by atoms with Crippen LogP contribution >= 0.6 is 0 Å². The summed E-state index contributed by atoms with van der Waals surface area (Å²) in [6.07, 6.45) is 4.75. The standard InChI is InChI=1S/C8H14N2O/c1-6(11)10-8-4-2-7(9)3-5-8/h2,8H,3-5,9H2,1H3,(H,10,11). The summed E-state index contributed by atoms with van der Waals surface area (Å²) in [5.41, 5.74) is 6.53. The Hall–Kier alpha value is -0.990. The number of hydrogen-bond acceptors (Lipinski definition) is 2. The molecule has 0 fully saturated rings. The molecule has 1 rings (SSSR count). The van der Waals surface area contributed by atoms with Gasteiger partial charge in [-0.2, -0.15) is 0 Å². The van der Waals surface area contributed by atoms with Crippen molar-refractivity contribution < 1.29 is 4.79 Å². The largest absolute Gasteiger partial charge is 0.402 e. The molecule has 0 saturated heterocycles. The number of rotatable bonds is 1. The van der Waals surface area contributed by atoms with E-state index in [1.54, 1.807) is 6.92 Å². The molecule has 11 heavy (non-hydrogen) atoms. The fraction of sp³-hybridized carbons (Fsp3) is 0.625. The highest BCUT2D eigenvalue weighted by atomic mass is 16.1. The highest BCUT2D eigenvalue weighted by Gasteiger charge is 2.12. The van der Waals surface area contributed by atoms with Gasteiger partial charge in [0.25, 0.3) is 0 Å². The predicted molar refractivity (Wildman–Crippen MR) is 43.7 cm³/mol. The first-order chi connectivity index (χ1) is 5.18. The zero-order valence-corrected chi connectivity index (χ0v) is 6.76. The normalized spacial score (nSPS) is 24.1. The molecular weight excluding hydrogens is 140 g/mol. The molecule has 1 aliphatic rings. The van der Waals surface area contributed by atoms with Gasteiger partial charge in [-0.15, -0.1) is 0 Å². The molecule has 1 aliphatic carbocycles. The number of allylic oxidation sites excluding steroid dienone is 1. The predicted octanol–water partition coefficient (Wildman–Crippen LogP) is 0.518. The quantitative estimate of drug-likeness (QED) is 0.578. The van der Waals surface area contributed by atoms with Crippen LogP contribution in [0.15, 0.2) is 11.8 Å². The molecule has 1 atom stereocenters. The molecule has 0 radical (unpaired) electrons. The molecule has 62 valence electrons. The Kier molecular flexibility index (Phi) is 2.52. The first-order valence-electron chi connectivity index (χ1n) is 3.90. The zero-order valence-electron chi connectivity index (χ0n) is 6.76. The Balaban J connectivity index is 2.35. The average Bonchev–Trinajstić information content (AvgIpc) is 1.93. The van der Waals surface area contributed by atoms with Gasteiger partial charge in [-0.05, 0) is 19.3 Å². The van der Waals surface area contributed by atoms with E-state index in [1.807, 2.05) is 6.08 Å². The third-order valence-corrected chi connectivity index (χ3v) is 1.85. The molecule has 3 N–H and O–H groups in total. The van der Waals surface area contributed by atoms with Crippen molar-refractivity contribution in [3.8, 4) is 0 Å². The van der Waals surface area contributed by atoms with Crippen molar-refractivity contribution in [2.24, 2.45) is 5.73 Å². The van der Waals surface area contributed by atoms with Gasteiger partial charge in [0.2, 0.25) is 5.91 Å². The molecule has 0 aromatic heterocycles. The molecule has 0 aliphatic heterocycles. The van der Waals surface area contributed by atoms with E-state index in [1.165, 1.54) is 0 Å². The molecule has 3 nitrogen and oxygen atoms in total. The van der Waals surface area contributed by atoms with Crippen molar-refractivity contribution in [2.75, 3.05) is 0 Å². The molecular formula is C8H14N2O. The molecule has 1 amide bonds. The minimum absolute atomic E-state index is 0.0453. The summed E-state index contributed by atoms with van der Waals surface area (Å²) in [5, 5.41) is 2.86. The zero-order chi connectivity index (χ0) is 8.27. The topological polar surface area (TPSA) is 55.1 Å². The number of nitrogens with two attached hydrogens (primary N) is 1. The maximum absolute atomic E-state index is 10.6. The summed E-state index contributed by atoms with van der Waals surface area (Å²) < 4.78 is 0. The van der Waals surface area contributed by atoms with Gasteiger partial charge >= 0.3 is 0 Å². The van der Waals surface area contributed by atoms with Crippen molar-refractivity contribution in [1.82, 2.24) is 5.32 Å². The lowest BCUT2D eigenvalue weighted by Gasteiger charge is -2.20. The van der Waals surface area contributed by atoms with Crippen LogP contribution in [0.3, 0.4) is 0 Å². The smallest absolute Gasteiger partial charge is 0.217 e. The Morgan fingerprint density at radius 1 is 1.82 bits per heavy atom.